The van der Waals surface area contributed by atoms with Crippen molar-refractivity contribution < 1.29 is 18.0 Å². The fourth-order valence-corrected chi connectivity index (χ4v) is 2.15. The van der Waals surface area contributed by atoms with E-state index in [2.05, 4.69) is 4.72 Å². The molecule has 0 bridgehead atoms. The Kier molecular flexibility index (Phi) is 4.34. The molecule has 0 radical (unpaired) electrons. The Balaban J connectivity index is 2.03. The van der Waals surface area contributed by atoms with Gasteiger partial charge in [-0.25, -0.2) is 0 Å². The van der Waals surface area contributed by atoms with E-state index in [9.17, 15) is 18.0 Å². The van der Waals surface area contributed by atoms with E-state index in [1.165, 1.54) is 12.1 Å². The van der Waals surface area contributed by atoms with E-state index in [0.717, 1.165) is 24.1 Å². The van der Waals surface area contributed by atoms with Crippen LogP contribution < -0.4 is 4.72 Å². The maximum absolute atomic E-state index is 12.5. The minimum absolute atomic E-state index is 0.323. The van der Waals surface area contributed by atoms with Crippen LogP contribution in [0.15, 0.2) is 59.5 Å². The van der Waals surface area contributed by atoms with Gasteiger partial charge < -0.3 is 0 Å². The first-order valence-corrected chi connectivity index (χ1v) is 6.48. The molecule has 2 nitrogen and oxygen atoms in total. The fourth-order valence-electron chi connectivity index (χ4n) is 1.49. The van der Waals surface area contributed by atoms with E-state index in [1.54, 1.807) is 30.3 Å². The third kappa shape index (κ3) is 3.77. The number of halogens is 3. The summed E-state index contributed by atoms with van der Waals surface area (Å²) in [7, 11) is 0. The zero-order chi connectivity index (χ0) is 14.6. The number of amides is 1. The Labute approximate surface area is 118 Å². The highest BCUT2D eigenvalue weighted by Crippen LogP contribution is 2.31. The van der Waals surface area contributed by atoms with Crippen LogP contribution in [-0.4, -0.2) is 5.91 Å². The average molecular weight is 297 g/mol. The summed E-state index contributed by atoms with van der Waals surface area (Å²) >= 11 is 0.854. The van der Waals surface area contributed by atoms with Crippen molar-refractivity contribution in [3.63, 3.8) is 0 Å². The summed E-state index contributed by atoms with van der Waals surface area (Å²) in [6.45, 7) is 0. The molecule has 2 aromatic carbocycles. The molecule has 6 heteroatoms. The smallest absolute Gasteiger partial charge is 0.292 e. The largest absolute Gasteiger partial charge is 0.416 e. The van der Waals surface area contributed by atoms with Crippen LogP contribution in [0.1, 0.15) is 15.9 Å². The molecule has 0 aliphatic heterocycles. The lowest BCUT2D eigenvalue weighted by atomic mass is 10.2. The van der Waals surface area contributed by atoms with Crippen molar-refractivity contribution in [2.24, 2.45) is 0 Å². The van der Waals surface area contributed by atoms with E-state index in [-0.39, 0.29) is 5.91 Å². The molecule has 0 unspecified atom stereocenters. The van der Waals surface area contributed by atoms with Gasteiger partial charge in [-0.1, -0.05) is 24.3 Å². The number of benzene rings is 2. The van der Waals surface area contributed by atoms with Crippen molar-refractivity contribution in [2.45, 2.75) is 11.1 Å². The SMILES string of the molecule is O=C(NSc1cccc(C(F)(F)F)c1)c1ccccc1. The Bertz CT molecular complexity index is 599. The van der Waals surface area contributed by atoms with E-state index in [4.69, 9.17) is 0 Å². The van der Waals surface area contributed by atoms with Gasteiger partial charge in [0.15, 0.2) is 0 Å². The van der Waals surface area contributed by atoms with Gasteiger partial charge in [0.05, 0.1) is 5.56 Å². The van der Waals surface area contributed by atoms with Crippen LogP contribution >= 0.6 is 11.9 Å². The van der Waals surface area contributed by atoms with Crippen molar-refractivity contribution in [1.29, 1.82) is 0 Å². The molecule has 0 heterocycles. The predicted molar refractivity (Wildman–Crippen MR) is 71.2 cm³/mol. The molecule has 104 valence electrons. The molecule has 0 aliphatic rings. The summed E-state index contributed by atoms with van der Waals surface area (Å²) in [6.07, 6.45) is -4.39. The Morgan fingerprint density at radius 3 is 2.35 bits per heavy atom. The van der Waals surface area contributed by atoms with Gasteiger partial charge in [-0.15, -0.1) is 0 Å². The number of carbonyl (C=O) groups excluding carboxylic acids is 1. The molecule has 0 atom stereocenters. The summed E-state index contributed by atoms with van der Waals surface area (Å²) in [4.78, 5) is 12.1. The zero-order valence-corrected chi connectivity index (χ0v) is 11.0. The van der Waals surface area contributed by atoms with Crippen LogP contribution in [0, 0.1) is 0 Å². The van der Waals surface area contributed by atoms with Crippen molar-refractivity contribution in [3.8, 4) is 0 Å². The second kappa shape index (κ2) is 6.00. The molecule has 0 fully saturated rings. The molecule has 0 aromatic heterocycles. The van der Waals surface area contributed by atoms with Crippen LogP contribution in [0.5, 0.6) is 0 Å². The molecule has 0 saturated carbocycles. The van der Waals surface area contributed by atoms with Crippen molar-refractivity contribution in [2.75, 3.05) is 0 Å². The van der Waals surface area contributed by atoms with Crippen molar-refractivity contribution in [1.82, 2.24) is 4.72 Å². The van der Waals surface area contributed by atoms with E-state index >= 15 is 0 Å². The van der Waals surface area contributed by atoms with Crippen LogP contribution in [-0.2, 0) is 6.18 Å². The van der Waals surface area contributed by atoms with Crippen LogP contribution in [0.2, 0.25) is 0 Å². The minimum atomic E-state index is -4.39. The normalized spacial score (nSPS) is 11.2. The molecule has 20 heavy (non-hydrogen) atoms. The number of nitrogens with one attached hydrogen (secondary N) is 1. The second-order valence-corrected chi connectivity index (χ2v) is 4.80. The molecule has 1 N–H and O–H groups in total. The number of rotatable bonds is 3. The van der Waals surface area contributed by atoms with E-state index in [0.29, 0.717) is 10.5 Å². The van der Waals surface area contributed by atoms with Gasteiger partial charge in [-0.2, -0.15) is 13.2 Å². The second-order valence-electron chi connectivity index (χ2n) is 3.92. The summed E-state index contributed by atoms with van der Waals surface area (Å²) < 4.78 is 40.1. The first-order chi connectivity index (χ1) is 9.47. The highest BCUT2D eigenvalue weighted by molar-refractivity contribution is 7.98. The first kappa shape index (κ1) is 14.5. The summed E-state index contributed by atoms with van der Waals surface area (Å²) in [5, 5.41) is 0. The highest BCUT2D eigenvalue weighted by Gasteiger charge is 2.30. The third-order valence-corrected chi connectivity index (χ3v) is 3.24. The summed E-state index contributed by atoms with van der Waals surface area (Å²) in [6, 6.07) is 13.2. The van der Waals surface area contributed by atoms with Crippen molar-refractivity contribution >= 4 is 17.9 Å². The van der Waals surface area contributed by atoms with Crippen LogP contribution in [0.4, 0.5) is 13.2 Å². The Hall–Kier alpha value is -1.95. The van der Waals surface area contributed by atoms with Gasteiger partial charge in [0.2, 0.25) is 0 Å². The van der Waals surface area contributed by atoms with Gasteiger partial charge in [-0.05, 0) is 42.3 Å². The Morgan fingerprint density at radius 1 is 1.00 bits per heavy atom. The molecule has 0 saturated heterocycles. The maximum atomic E-state index is 12.5. The summed E-state index contributed by atoms with van der Waals surface area (Å²) in [5.41, 5.74) is -0.288. The fraction of sp³-hybridized carbons (Fsp3) is 0.0714. The highest BCUT2D eigenvalue weighted by atomic mass is 32.2. The lowest BCUT2D eigenvalue weighted by molar-refractivity contribution is -0.137. The number of alkyl halides is 3. The quantitative estimate of drug-likeness (QED) is 0.863. The van der Waals surface area contributed by atoms with Gasteiger partial charge in [0.25, 0.3) is 5.91 Å². The van der Waals surface area contributed by atoms with Gasteiger partial charge in [0, 0.05) is 10.5 Å². The molecular weight excluding hydrogens is 287 g/mol. The number of hydrogen-bond donors (Lipinski definition) is 1. The minimum Gasteiger partial charge on any atom is -0.292 e. The number of carbonyl (C=O) groups is 1. The monoisotopic (exact) mass is 297 g/mol. The average Bonchev–Trinajstić information content (AvgIpc) is 2.45. The molecule has 0 aliphatic carbocycles. The molecule has 2 aromatic rings. The zero-order valence-electron chi connectivity index (χ0n) is 10.1. The van der Waals surface area contributed by atoms with Crippen LogP contribution in [0.3, 0.4) is 0 Å². The van der Waals surface area contributed by atoms with Gasteiger partial charge in [0.1, 0.15) is 0 Å². The van der Waals surface area contributed by atoms with Crippen molar-refractivity contribution in [3.05, 3.63) is 65.7 Å². The van der Waals surface area contributed by atoms with Crippen LogP contribution in [0.25, 0.3) is 0 Å². The lowest BCUT2D eigenvalue weighted by Crippen LogP contribution is -2.15. The van der Waals surface area contributed by atoms with E-state index < -0.39 is 11.7 Å². The standard InChI is InChI=1S/C14H10F3NOS/c15-14(16,17)11-7-4-8-12(9-11)20-18-13(19)10-5-2-1-3-6-10/h1-9H,(H,18,19). The van der Waals surface area contributed by atoms with Gasteiger partial charge in [-0.3, -0.25) is 9.52 Å². The Morgan fingerprint density at radius 2 is 1.70 bits per heavy atom. The summed E-state index contributed by atoms with van der Waals surface area (Å²) in [5.74, 6) is -0.354. The third-order valence-electron chi connectivity index (χ3n) is 2.46. The molecule has 1 amide bonds. The van der Waals surface area contributed by atoms with Gasteiger partial charge >= 0.3 is 6.18 Å². The predicted octanol–water partition coefficient (Wildman–Crippen LogP) is 4.14. The van der Waals surface area contributed by atoms with E-state index in [1.807, 2.05) is 0 Å². The topological polar surface area (TPSA) is 29.1 Å². The maximum Gasteiger partial charge on any atom is 0.416 e. The first-order valence-electron chi connectivity index (χ1n) is 5.66. The molecule has 0 spiro atoms. The molecule has 2 rings (SSSR count). The number of hydrogen-bond acceptors (Lipinski definition) is 2. The lowest BCUT2D eigenvalue weighted by Gasteiger charge is -2.08. The molecular formula is C14H10F3NOS.